The van der Waals surface area contributed by atoms with Crippen molar-refractivity contribution in [2.75, 3.05) is 5.32 Å². The van der Waals surface area contributed by atoms with Crippen molar-refractivity contribution in [3.05, 3.63) is 21.9 Å². The third kappa shape index (κ3) is 2.07. The van der Waals surface area contributed by atoms with E-state index in [1.165, 1.54) is 6.42 Å². The predicted molar refractivity (Wildman–Crippen MR) is 69.9 cm³/mol. The molecule has 0 spiro atoms. The number of carbonyl (C=O) groups is 1. The molecule has 2 unspecified atom stereocenters. The normalized spacial score (nSPS) is 30.9. The topological polar surface area (TPSA) is 42.0 Å². The lowest BCUT2D eigenvalue weighted by atomic mass is 10.0. The number of aromatic nitrogens is 1. The molecule has 2 aliphatic rings. The Morgan fingerprint density at radius 2 is 2.06 bits per heavy atom. The van der Waals surface area contributed by atoms with Crippen LogP contribution in [0.1, 0.15) is 19.3 Å². The van der Waals surface area contributed by atoms with Gasteiger partial charge >= 0.3 is 0 Å². The molecule has 0 bridgehead atoms. The number of hydrogen-bond acceptors (Lipinski definition) is 2. The fraction of sp³-hybridized carbons (Fsp3) is 0.500. The smallest absolute Gasteiger partial charge is 0.228 e. The van der Waals surface area contributed by atoms with Crippen LogP contribution < -0.4 is 5.32 Å². The molecule has 2 saturated carbocycles. The highest BCUT2D eigenvalue weighted by Gasteiger charge is 2.47. The Morgan fingerprint density at radius 3 is 2.69 bits per heavy atom. The van der Waals surface area contributed by atoms with Crippen molar-refractivity contribution >= 4 is 34.3 Å². The highest BCUT2D eigenvalue weighted by atomic mass is 127. The fourth-order valence-corrected chi connectivity index (χ4v) is 2.93. The summed E-state index contributed by atoms with van der Waals surface area (Å²) in [5, 5.41) is 2.90. The van der Waals surface area contributed by atoms with Gasteiger partial charge in [-0.1, -0.05) is 0 Å². The quantitative estimate of drug-likeness (QED) is 0.848. The third-order valence-corrected chi connectivity index (χ3v) is 4.23. The first-order valence-electron chi connectivity index (χ1n) is 5.65. The van der Waals surface area contributed by atoms with Crippen molar-refractivity contribution in [2.24, 2.45) is 17.8 Å². The number of nitrogens with zero attached hydrogens (tertiary/aromatic N) is 1. The number of hydrogen-bond donors (Lipinski definition) is 1. The largest absolute Gasteiger partial charge is 0.310 e. The Balaban J connectivity index is 1.61. The summed E-state index contributed by atoms with van der Waals surface area (Å²) in [6.45, 7) is 0. The molecule has 0 aromatic carbocycles. The molecule has 2 fully saturated rings. The first-order valence-corrected chi connectivity index (χ1v) is 6.72. The standard InChI is InChI=1S/C12H13IN2O/c13-10-1-2-11(14-6-10)15-12(16)9-4-7-3-8(7)5-9/h1-2,6-9H,3-5H2,(H,14,15,16). The van der Waals surface area contributed by atoms with Gasteiger partial charge in [-0.2, -0.15) is 0 Å². The van der Waals surface area contributed by atoms with Gasteiger partial charge in [0.1, 0.15) is 5.82 Å². The first-order chi connectivity index (χ1) is 7.72. The average Bonchev–Trinajstić information content (AvgIpc) is 2.89. The van der Waals surface area contributed by atoms with Crippen molar-refractivity contribution in [1.29, 1.82) is 0 Å². The van der Waals surface area contributed by atoms with Crippen LogP contribution in [0.25, 0.3) is 0 Å². The van der Waals surface area contributed by atoms with Crippen molar-refractivity contribution in [3.8, 4) is 0 Å². The SMILES string of the molecule is O=C(Nc1ccc(I)cn1)C1CC2CC2C1. The molecular formula is C12H13IN2O. The van der Waals surface area contributed by atoms with Crippen molar-refractivity contribution in [2.45, 2.75) is 19.3 Å². The number of nitrogens with one attached hydrogen (secondary N) is 1. The maximum Gasteiger partial charge on any atom is 0.228 e. The zero-order chi connectivity index (χ0) is 11.1. The maximum atomic E-state index is 11.9. The highest BCUT2D eigenvalue weighted by Crippen LogP contribution is 2.54. The van der Waals surface area contributed by atoms with E-state index >= 15 is 0 Å². The van der Waals surface area contributed by atoms with Crippen LogP contribution in [0.5, 0.6) is 0 Å². The molecule has 4 heteroatoms. The second-order valence-electron chi connectivity index (χ2n) is 4.78. The molecule has 1 amide bonds. The second kappa shape index (κ2) is 3.98. The van der Waals surface area contributed by atoms with Crippen LogP contribution in [0.4, 0.5) is 5.82 Å². The first kappa shape index (κ1) is 10.5. The molecular weight excluding hydrogens is 315 g/mol. The van der Waals surface area contributed by atoms with Gasteiger partial charge in [0.15, 0.2) is 0 Å². The predicted octanol–water partition coefficient (Wildman–Crippen LogP) is 2.67. The molecule has 1 aromatic heterocycles. The van der Waals surface area contributed by atoms with E-state index in [2.05, 4.69) is 32.9 Å². The van der Waals surface area contributed by atoms with Crippen LogP contribution in [0.15, 0.2) is 18.3 Å². The summed E-state index contributed by atoms with van der Waals surface area (Å²) in [5.74, 6) is 2.75. The lowest BCUT2D eigenvalue weighted by molar-refractivity contribution is -0.120. The van der Waals surface area contributed by atoms with Gasteiger partial charge in [0.25, 0.3) is 0 Å². The van der Waals surface area contributed by atoms with E-state index < -0.39 is 0 Å². The Labute approximate surface area is 108 Å². The third-order valence-electron chi connectivity index (χ3n) is 3.59. The van der Waals surface area contributed by atoms with Crippen molar-refractivity contribution in [1.82, 2.24) is 4.98 Å². The summed E-state index contributed by atoms with van der Waals surface area (Å²) in [6, 6.07) is 3.81. The van der Waals surface area contributed by atoms with Gasteiger partial charge in [0.2, 0.25) is 5.91 Å². The molecule has 1 N–H and O–H groups in total. The van der Waals surface area contributed by atoms with E-state index in [0.29, 0.717) is 5.82 Å². The zero-order valence-electron chi connectivity index (χ0n) is 8.82. The summed E-state index contributed by atoms with van der Waals surface area (Å²) < 4.78 is 1.08. The zero-order valence-corrected chi connectivity index (χ0v) is 11.0. The van der Waals surface area contributed by atoms with Crippen molar-refractivity contribution in [3.63, 3.8) is 0 Å². The molecule has 0 radical (unpaired) electrons. The van der Waals surface area contributed by atoms with Crippen LogP contribution >= 0.6 is 22.6 Å². The molecule has 2 atom stereocenters. The molecule has 3 rings (SSSR count). The summed E-state index contributed by atoms with van der Waals surface area (Å²) >= 11 is 2.20. The molecule has 84 valence electrons. The molecule has 0 aliphatic heterocycles. The van der Waals surface area contributed by atoms with Crippen LogP contribution in [0.2, 0.25) is 0 Å². The fourth-order valence-electron chi connectivity index (χ4n) is 2.61. The number of fused-ring (bicyclic) bond motifs is 1. The second-order valence-corrected chi connectivity index (χ2v) is 6.02. The highest BCUT2D eigenvalue weighted by molar-refractivity contribution is 14.1. The van der Waals surface area contributed by atoms with E-state index in [1.807, 2.05) is 12.1 Å². The van der Waals surface area contributed by atoms with Crippen LogP contribution in [0, 0.1) is 21.3 Å². The molecule has 1 aromatic rings. The summed E-state index contributed by atoms with van der Waals surface area (Å²) in [5.41, 5.74) is 0. The average molecular weight is 328 g/mol. The van der Waals surface area contributed by atoms with E-state index in [4.69, 9.17) is 0 Å². The van der Waals surface area contributed by atoms with Crippen LogP contribution in [-0.4, -0.2) is 10.9 Å². The number of anilines is 1. The Kier molecular flexibility index (Phi) is 2.61. The number of halogens is 1. The number of pyridine rings is 1. The van der Waals surface area contributed by atoms with Gasteiger partial charge in [0, 0.05) is 15.7 Å². The summed E-state index contributed by atoms with van der Waals surface area (Å²) in [7, 11) is 0. The van der Waals surface area contributed by atoms with Gasteiger partial charge in [-0.25, -0.2) is 4.98 Å². The van der Waals surface area contributed by atoms with Gasteiger partial charge < -0.3 is 5.32 Å². The molecule has 1 heterocycles. The van der Waals surface area contributed by atoms with Gasteiger partial charge in [-0.3, -0.25) is 4.79 Å². The maximum absolute atomic E-state index is 11.9. The lowest BCUT2D eigenvalue weighted by Crippen LogP contribution is -2.22. The molecule has 2 aliphatic carbocycles. The monoisotopic (exact) mass is 328 g/mol. The summed E-state index contributed by atoms with van der Waals surface area (Å²) in [6.07, 6.45) is 5.29. The molecule has 16 heavy (non-hydrogen) atoms. The minimum absolute atomic E-state index is 0.154. The van der Waals surface area contributed by atoms with E-state index in [0.717, 1.165) is 28.2 Å². The van der Waals surface area contributed by atoms with Crippen LogP contribution in [-0.2, 0) is 4.79 Å². The Bertz CT molecular complexity index is 408. The Morgan fingerprint density at radius 1 is 1.31 bits per heavy atom. The minimum atomic E-state index is 0.154. The number of rotatable bonds is 2. The number of amides is 1. The van der Waals surface area contributed by atoms with Gasteiger partial charge in [-0.15, -0.1) is 0 Å². The summed E-state index contributed by atoms with van der Waals surface area (Å²) in [4.78, 5) is 16.1. The number of carbonyl (C=O) groups excluding carboxylic acids is 1. The molecule has 3 nitrogen and oxygen atoms in total. The van der Waals surface area contributed by atoms with Gasteiger partial charge in [0.05, 0.1) is 0 Å². The van der Waals surface area contributed by atoms with Gasteiger partial charge in [-0.05, 0) is 65.8 Å². The lowest BCUT2D eigenvalue weighted by Gasteiger charge is -2.11. The van der Waals surface area contributed by atoms with E-state index in [-0.39, 0.29) is 11.8 Å². The minimum Gasteiger partial charge on any atom is -0.310 e. The van der Waals surface area contributed by atoms with Crippen molar-refractivity contribution < 1.29 is 4.79 Å². The van der Waals surface area contributed by atoms with Crippen LogP contribution in [0.3, 0.4) is 0 Å². The Hall–Kier alpha value is -0.650. The van der Waals surface area contributed by atoms with E-state index in [9.17, 15) is 4.79 Å². The molecule has 0 saturated heterocycles. The van der Waals surface area contributed by atoms with E-state index in [1.54, 1.807) is 6.20 Å².